The van der Waals surface area contributed by atoms with Gasteiger partial charge in [0.1, 0.15) is 5.76 Å². The van der Waals surface area contributed by atoms with Crippen LogP contribution in [0.4, 0.5) is 18.9 Å². The summed E-state index contributed by atoms with van der Waals surface area (Å²) >= 11 is 0. The van der Waals surface area contributed by atoms with Crippen LogP contribution < -0.4 is 10.6 Å². The van der Waals surface area contributed by atoms with Crippen LogP contribution in [0.1, 0.15) is 67.4 Å². The number of benzene rings is 2. The zero-order chi connectivity index (χ0) is 27.0. The molecule has 3 amide bonds. The molecule has 0 aliphatic heterocycles. The highest BCUT2D eigenvalue weighted by atomic mass is 19.4. The Balaban J connectivity index is 1.49. The monoisotopic (exact) mass is 513 g/mol. The highest BCUT2D eigenvalue weighted by Gasteiger charge is 2.44. The summed E-state index contributed by atoms with van der Waals surface area (Å²) < 4.78 is 44.7. The molecule has 1 aromatic heterocycles. The van der Waals surface area contributed by atoms with Gasteiger partial charge in [0.15, 0.2) is 0 Å². The molecule has 37 heavy (non-hydrogen) atoms. The van der Waals surface area contributed by atoms with Crippen molar-refractivity contribution in [3.63, 3.8) is 0 Å². The highest BCUT2D eigenvalue weighted by molar-refractivity contribution is 6.06. The average Bonchev–Trinajstić information content (AvgIpc) is 3.24. The zero-order valence-electron chi connectivity index (χ0n) is 20.5. The highest BCUT2D eigenvalue weighted by Crippen LogP contribution is 2.42. The lowest BCUT2D eigenvalue weighted by atomic mass is 9.71. The number of nitrogens with zero attached hydrogens (tertiary/aromatic N) is 1. The molecule has 1 saturated carbocycles. The first-order valence-corrected chi connectivity index (χ1v) is 11.6. The summed E-state index contributed by atoms with van der Waals surface area (Å²) in [6.45, 7) is 1.36. The van der Waals surface area contributed by atoms with Gasteiger partial charge in [0.2, 0.25) is 5.76 Å². The molecule has 1 aliphatic rings. The molecule has 10 heteroatoms. The fourth-order valence-corrected chi connectivity index (χ4v) is 4.32. The third-order valence-corrected chi connectivity index (χ3v) is 6.39. The summed E-state index contributed by atoms with van der Waals surface area (Å²) in [6, 6.07) is 14.2. The van der Waals surface area contributed by atoms with Gasteiger partial charge in [-0.1, -0.05) is 18.2 Å². The van der Waals surface area contributed by atoms with Crippen molar-refractivity contribution in [2.24, 2.45) is 0 Å². The standard InChI is InChI=1S/C27H26F3N3O4/c1-16-14-21(22(37-16)27(28,29)30)24(35)32-26(12-5-13-26)19-8-10-20(11-9-19)31-23(34)17-6-4-7-18(15-17)25(36)33(2)3/h4,6-11,14-15H,5,12-13H2,1-3H3,(H,31,34)(H,32,35). The molecule has 2 aromatic carbocycles. The maximum Gasteiger partial charge on any atom is 0.450 e. The van der Waals surface area contributed by atoms with E-state index in [9.17, 15) is 27.6 Å². The Morgan fingerprint density at radius 3 is 2.16 bits per heavy atom. The van der Waals surface area contributed by atoms with E-state index < -0.39 is 34.9 Å². The first-order chi connectivity index (χ1) is 17.4. The van der Waals surface area contributed by atoms with Crippen molar-refractivity contribution >= 4 is 23.4 Å². The van der Waals surface area contributed by atoms with Gasteiger partial charge in [-0.25, -0.2) is 0 Å². The van der Waals surface area contributed by atoms with Crippen LogP contribution in [0.2, 0.25) is 0 Å². The van der Waals surface area contributed by atoms with E-state index in [2.05, 4.69) is 10.6 Å². The molecule has 2 N–H and O–H groups in total. The smallest absolute Gasteiger partial charge is 0.450 e. The van der Waals surface area contributed by atoms with E-state index in [0.717, 1.165) is 18.1 Å². The minimum absolute atomic E-state index is 0.00292. The maximum atomic E-state index is 13.3. The number of alkyl halides is 3. The third-order valence-electron chi connectivity index (χ3n) is 6.39. The van der Waals surface area contributed by atoms with E-state index in [0.29, 0.717) is 29.7 Å². The number of carbonyl (C=O) groups is 3. The second-order valence-electron chi connectivity index (χ2n) is 9.30. The average molecular weight is 514 g/mol. The van der Waals surface area contributed by atoms with Gasteiger partial charge < -0.3 is 20.0 Å². The summed E-state index contributed by atoms with van der Waals surface area (Å²) in [5, 5.41) is 5.55. The van der Waals surface area contributed by atoms with Gasteiger partial charge in [0.25, 0.3) is 17.7 Å². The van der Waals surface area contributed by atoms with Crippen LogP contribution in [-0.2, 0) is 11.7 Å². The SMILES string of the molecule is Cc1cc(C(=O)NC2(c3ccc(NC(=O)c4cccc(C(=O)N(C)C)c4)cc3)CCC2)c(C(F)(F)F)o1. The van der Waals surface area contributed by atoms with Crippen LogP contribution in [0.5, 0.6) is 0 Å². The molecule has 4 rings (SSSR count). The normalized spacial score (nSPS) is 14.4. The maximum absolute atomic E-state index is 13.3. The minimum Gasteiger partial charge on any atom is -0.456 e. The molecular weight excluding hydrogens is 487 g/mol. The Hall–Kier alpha value is -4.08. The molecular formula is C27H26F3N3O4. The number of hydrogen-bond donors (Lipinski definition) is 2. The van der Waals surface area contributed by atoms with Crippen LogP contribution in [0, 0.1) is 6.92 Å². The lowest BCUT2D eigenvalue weighted by Crippen LogP contribution is -2.51. The molecule has 194 valence electrons. The number of furan rings is 1. The van der Waals surface area contributed by atoms with E-state index in [1.54, 1.807) is 56.6 Å². The number of anilines is 1. The van der Waals surface area contributed by atoms with Crippen molar-refractivity contribution in [1.82, 2.24) is 10.2 Å². The Bertz CT molecular complexity index is 1340. The second-order valence-corrected chi connectivity index (χ2v) is 9.30. The van der Waals surface area contributed by atoms with E-state index in [-0.39, 0.29) is 11.7 Å². The van der Waals surface area contributed by atoms with Crippen molar-refractivity contribution in [2.45, 2.75) is 37.9 Å². The summed E-state index contributed by atoms with van der Waals surface area (Å²) in [5.41, 5.74) is 0.554. The Kier molecular flexibility index (Phi) is 6.86. The summed E-state index contributed by atoms with van der Waals surface area (Å²) in [4.78, 5) is 39.2. The van der Waals surface area contributed by atoms with Crippen molar-refractivity contribution in [3.05, 3.63) is 88.4 Å². The van der Waals surface area contributed by atoms with Crippen LogP contribution in [0.15, 0.2) is 59.0 Å². The predicted octanol–water partition coefficient (Wildman–Crippen LogP) is 5.37. The number of aryl methyl sites for hydroxylation is 1. The number of hydrogen-bond acceptors (Lipinski definition) is 4. The van der Waals surface area contributed by atoms with Gasteiger partial charge in [-0.3, -0.25) is 14.4 Å². The third kappa shape index (κ3) is 5.37. The van der Waals surface area contributed by atoms with Crippen LogP contribution in [0.3, 0.4) is 0 Å². The fraction of sp³-hybridized carbons (Fsp3) is 0.296. The van der Waals surface area contributed by atoms with Gasteiger partial charge in [-0.15, -0.1) is 0 Å². The van der Waals surface area contributed by atoms with E-state index in [1.165, 1.54) is 17.9 Å². The largest absolute Gasteiger partial charge is 0.456 e. The molecule has 0 bridgehead atoms. The van der Waals surface area contributed by atoms with Crippen molar-refractivity contribution < 1.29 is 32.0 Å². The molecule has 1 heterocycles. The molecule has 0 saturated heterocycles. The number of nitrogens with one attached hydrogen (secondary N) is 2. The second kappa shape index (κ2) is 9.76. The quantitative estimate of drug-likeness (QED) is 0.464. The van der Waals surface area contributed by atoms with E-state index in [1.807, 2.05) is 0 Å². The molecule has 7 nitrogen and oxygen atoms in total. The van der Waals surface area contributed by atoms with Gasteiger partial charge in [-0.2, -0.15) is 13.2 Å². The van der Waals surface area contributed by atoms with Crippen LogP contribution in [0.25, 0.3) is 0 Å². The number of amides is 3. The Morgan fingerprint density at radius 1 is 0.946 bits per heavy atom. The van der Waals surface area contributed by atoms with Gasteiger partial charge in [0, 0.05) is 30.9 Å². The van der Waals surface area contributed by atoms with Crippen molar-refractivity contribution in [3.8, 4) is 0 Å². The molecule has 0 spiro atoms. The topological polar surface area (TPSA) is 91.7 Å². The van der Waals surface area contributed by atoms with Gasteiger partial charge in [0.05, 0.1) is 11.1 Å². The first kappa shape index (κ1) is 26.0. The summed E-state index contributed by atoms with van der Waals surface area (Å²) in [6.07, 6.45) is -2.85. The van der Waals surface area contributed by atoms with E-state index >= 15 is 0 Å². The fourth-order valence-electron chi connectivity index (χ4n) is 4.32. The first-order valence-electron chi connectivity index (χ1n) is 11.6. The Labute approximate surface area is 211 Å². The van der Waals surface area contributed by atoms with Crippen molar-refractivity contribution in [2.75, 3.05) is 19.4 Å². The lowest BCUT2D eigenvalue weighted by Gasteiger charge is -2.43. The number of halogens is 3. The van der Waals surface area contributed by atoms with Crippen LogP contribution >= 0.6 is 0 Å². The Morgan fingerprint density at radius 2 is 1.59 bits per heavy atom. The molecule has 1 fully saturated rings. The molecule has 0 radical (unpaired) electrons. The number of rotatable bonds is 6. The molecule has 0 unspecified atom stereocenters. The predicted molar refractivity (Wildman–Crippen MR) is 130 cm³/mol. The summed E-state index contributed by atoms with van der Waals surface area (Å²) in [5.74, 6) is -2.79. The zero-order valence-corrected chi connectivity index (χ0v) is 20.5. The van der Waals surface area contributed by atoms with E-state index in [4.69, 9.17) is 4.42 Å². The molecule has 0 atom stereocenters. The minimum atomic E-state index is -4.78. The van der Waals surface area contributed by atoms with Gasteiger partial charge in [-0.05, 0) is 68.1 Å². The van der Waals surface area contributed by atoms with Crippen molar-refractivity contribution in [1.29, 1.82) is 0 Å². The molecule has 3 aromatic rings. The van der Waals surface area contributed by atoms with Gasteiger partial charge >= 0.3 is 6.18 Å². The lowest BCUT2D eigenvalue weighted by molar-refractivity contribution is -0.153. The van der Waals surface area contributed by atoms with Crippen LogP contribution in [-0.4, -0.2) is 36.7 Å². The summed E-state index contributed by atoms with van der Waals surface area (Å²) in [7, 11) is 3.25. The molecule has 1 aliphatic carbocycles. The number of carbonyl (C=O) groups excluding carboxylic acids is 3.